The number of aromatic nitrogens is 1. The molecule has 0 fully saturated rings. The van der Waals surface area contributed by atoms with E-state index in [1.807, 2.05) is 0 Å². The lowest BCUT2D eigenvalue weighted by Gasteiger charge is -2.16. The topological polar surface area (TPSA) is 45.2 Å². The molecular weight excluding hydrogens is 265 g/mol. The Morgan fingerprint density at radius 1 is 1.47 bits per heavy atom. The first-order valence-corrected chi connectivity index (χ1v) is 6.64. The third-order valence-corrected chi connectivity index (χ3v) is 3.18. The third-order valence-electron chi connectivity index (χ3n) is 2.49. The first kappa shape index (κ1) is 13.6. The average Bonchev–Trinajstić information content (AvgIpc) is 2.84. The van der Waals surface area contributed by atoms with Crippen molar-refractivity contribution in [2.75, 3.05) is 18.9 Å². The van der Waals surface area contributed by atoms with E-state index < -0.39 is 0 Å². The predicted molar refractivity (Wildman–Crippen MR) is 73.5 cm³/mol. The van der Waals surface area contributed by atoms with Crippen molar-refractivity contribution in [3.05, 3.63) is 47.2 Å². The number of hydrogen-bond donors (Lipinski definition) is 1. The number of halogens is 1. The van der Waals surface area contributed by atoms with Crippen molar-refractivity contribution in [1.29, 1.82) is 0 Å². The zero-order valence-corrected chi connectivity index (χ0v) is 11.3. The molecule has 100 valence electrons. The molecule has 0 aliphatic heterocycles. The summed E-state index contributed by atoms with van der Waals surface area (Å²) in [7, 11) is 1.77. The smallest absolute Gasteiger partial charge is 0.240 e. The number of amides is 1. The van der Waals surface area contributed by atoms with E-state index in [1.54, 1.807) is 41.7 Å². The molecule has 2 aromatic rings. The van der Waals surface area contributed by atoms with Crippen LogP contribution in [0, 0.1) is 5.82 Å². The van der Waals surface area contributed by atoms with Crippen LogP contribution in [0.15, 0.2) is 35.8 Å². The van der Waals surface area contributed by atoms with Gasteiger partial charge in [-0.2, -0.15) is 0 Å². The van der Waals surface area contributed by atoms with Gasteiger partial charge >= 0.3 is 0 Å². The van der Waals surface area contributed by atoms with Gasteiger partial charge in [0.05, 0.1) is 6.54 Å². The van der Waals surface area contributed by atoms with E-state index in [2.05, 4.69) is 10.3 Å². The average molecular weight is 279 g/mol. The molecule has 0 bridgehead atoms. The van der Waals surface area contributed by atoms with E-state index in [9.17, 15) is 9.18 Å². The number of likely N-dealkylation sites (N-methyl/N-ethyl adjacent to an activating group) is 1. The van der Waals surface area contributed by atoms with Crippen LogP contribution < -0.4 is 5.32 Å². The normalized spacial score (nSPS) is 10.7. The Bertz CT molecular complexity index is 545. The van der Waals surface area contributed by atoms with Crippen molar-refractivity contribution in [3.63, 3.8) is 0 Å². The van der Waals surface area contributed by atoms with Gasteiger partial charge in [-0.1, -0.05) is 18.2 Å². The van der Waals surface area contributed by atoms with Gasteiger partial charge in [-0.05, 0) is 13.1 Å². The van der Waals surface area contributed by atoms with Gasteiger partial charge in [0.15, 0.2) is 5.13 Å². The van der Waals surface area contributed by atoms with E-state index in [1.165, 1.54) is 17.4 Å². The van der Waals surface area contributed by atoms with Crippen LogP contribution in [-0.2, 0) is 11.3 Å². The van der Waals surface area contributed by atoms with Gasteiger partial charge in [-0.3, -0.25) is 9.69 Å². The maximum Gasteiger partial charge on any atom is 0.240 e. The van der Waals surface area contributed by atoms with E-state index in [0.29, 0.717) is 17.2 Å². The van der Waals surface area contributed by atoms with E-state index >= 15 is 0 Å². The highest BCUT2D eigenvalue weighted by Gasteiger charge is 2.10. The molecule has 1 aromatic heterocycles. The molecule has 0 aliphatic rings. The highest BCUT2D eigenvalue weighted by Crippen LogP contribution is 2.11. The van der Waals surface area contributed by atoms with Gasteiger partial charge in [0, 0.05) is 23.7 Å². The lowest BCUT2D eigenvalue weighted by Crippen LogP contribution is -2.30. The standard InChI is InChI=1S/C13H14FN3OS/c1-17(8-10-4-2-3-5-11(10)14)9-12(18)16-13-15-6-7-19-13/h2-7H,8-9H2,1H3,(H,15,16,18). The number of thiazole rings is 1. The summed E-state index contributed by atoms with van der Waals surface area (Å²) in [5.41, 5.74) is 0.576. The van der Waals surface area contributed by atoms with Crippen LogP contribution >= 0.6 is 11.3 Å². The van der Waals surface area contributed by atoms with Gasteiger partial charge < -0.3 is 5.32 Å². The zero-order chi connectivity index (χ0) is 13.7. The van der Waals surface area contributed by atoms with Crippen molar-refractivity contribution in [3.8, 4) is 0 Å². The van der Waals surface area contributed by atoms with Crippen LogP contribution in [-0.4, -0.2) is 29.4 Å². The Balaban J connectivity index is 1.86. The van der Waals surface area contributed by atoms with Gasteiger partial charge in [0.1, 0.15) is 5.82 Å². The van der Waals surface area contributed by atoms with Crippen LogP contribution in [0.5, 0.6) is 0 Å². The summed E-state index contributed by atoms with van der Waals surface area (Å²) in [6.45, 7) is 0.575. The minimum Gasteiger partial charge on any atom is -0.301 e. The van der Waals surface area contributed by atoms with Crippen LogP contribution in [0.1, 0.15) is 5.56 Å². The minimum atomic E-state index is -0.255. The maximum atomic E-state index is 13.5. The molecule has 1 heterocycles. The lowest BCUT2D eigenvalue weighted by atomic mass is 10.2. The number of hydrogen-bond acceptors (Lipinski definition) is 4. The molecule has 0 spiro atoms. The van der Waals surface area contributed by atoms with Crippen LogP contribution in [0.25, 0.3) is 0 Å². The number of carbonyl (C=O) groups is 1. The fourth-order valence-corrected chi connectivity index (χ4v) is 2.21. The molecule has 0 radical (unpaired) electrons. The molecule has 1 aromatic carbocycles. The molecule has 0 unspecified atom stereocenters. The highest BCUT2D eigenvalue weighted by atomic mass is 32.1. The van der Waals surface area contributed by atoms with Crippen LogP contribution in [0.2, 0.25) is 0 Å². The Kier molecular flexibility index (Phi) is 4.59. The number of carbonyl (C=O) groups excluding carboxylic acids is 1. The van der Waals surface area contributed by atoms with E-state index in [0.717, 1.165) is 0 Å². The minimum absolute atomic E-state index is 0.159. The monoisotopic (exact) mass is 279 g/mol. The summed E-state index contributed by atoms with van der Waals surface area (Å²) in [6.07, 6.45) is 1.63. The van der Waals surface area contributed by atoms with Crippen molar-refractivity contribution < 1.29 is 9.18 Å². The number of nitrogens with zero attached hydrogens (tertiary/aromatic N) is 2. The van der Waals surface area contributed by atoms with E-state index in [-0.39, 0.29) is 18.3 Å². The van der Waals surface area contributed by atoms with Crippen LogP contribution in [0.3, 0.4) is 0 Å². The predicted octanol–water partition coefficient (Wildman–Crippen LogP) is 2.35. The molecule has 19 heavy (non-hydrogen) atoms. The first-order valence-electron chi connectivity index (χ1n) is 5.76. The second-order valence-electron chi connectivity index (χ2n) is 4.15. The van der Waals surface area contributed by atoms with Crippen molar-refractivity contribution in [1.82, 2.24) is 9.88 Å². The molecule has 2 rings (SSSR count). The zero-order valence-electron chi connectivity index (χ0n) is 10.5. The fraction of sp³-hybridized carbons (Fsp3) is 0.231. The van der Waals surface area contributed by atoms with Crippen molar-refractivity contribution >= 4 is 22.4 Å². The Morgan fingerprint density at radius 3 is 2.95 bits per heavy atom. The van der Waals surface area contributed by atoms with E-state index in [4.69, 9.17) is 0 Å². The highest BCUT2D eigenvalue weighted by molar-refractivity contribution is 7.13. The largest absolute Gasteiger partial charge is 0.301 e. The Morgan fingerprint density at radius 2 is 2.26 bits per heavy atom. The first-order chi connectivity index (χ1) is 9.15. The summed E-state index contributed by atoms with van der Waals surface area (Å²) in [4.78, 5) is 17.4. The Hall–Kier alpha value is -1.79. The summed E-state index contributed by atoms with van der Waals surface area (Å²) < 4.78 is 13.5. The lowest BCUT2D eigenvalue weighted by molar-refractivity contribution is -0.117. The molecule has 0 saturated heterocycles. The Labute approximate surface area is 114 Å². The SMILES string of the molecule is CN(CC(=O)Nc1nccs1)Cc1ccccc1F. The van der Waals surface area contributed by atoms with Gasteiger partial charge in [0.25, 0.3) is 0 Å². The second kappa shape index (κ2) is 6.40. The molecule has 0 aliphatic carbocycles. The number of benzene rings is 1. The van der Waals surface area contributed by atoms with Crippen molar-refractivity contribution in [2.24, 2.45) is 0 Å². The number of nitrogens with one attached hydrogen (secondary N) is 1. The molecule has 1 amide bonds. The van der Waals surface area contributed by atoms with Gasteiger partial charge in [-0.25, -0.2) is 9.37 Å². The molecule has 0 atom stereocenters. The number of rotatable bonds is 5. The summed E-state index contributed by atoms with van der Waals surface area (Å²) >= 11 is 1.36. The maximum absolute atomic E-state index is 13.5. The summed E-state index contributed by atoms with van der Waals surface area (Å²) in [6, 6.07) is 6.55. The number of anilines is 1. The molecule has 0 saturated carbocycles. The van der Waals surface area contributed by atoms with Gasteiger partial charge in [0.2, 0.25) is 5.91 Å². The molecule has 4 nitrogen and oxygen atoms in total. The van der Waals surface area contributed by atoms with Crippen molar-refractivity contribution in [2.45, 2.75) is 6.54 Å². The summed E-state index contributed by atoms with van der Waals surface area (Å²) in [5.74, 6) is -0.413. The van der Waals surface area contributed by atoms with Crippen LogP contribution in [0.4, 0.5) is 9.52 Å². The molecule has 6 heteroatoms. The molecule has 1 N–H and O–H groups in total. The summed E-state index contributed by atoms with van der Waals surface area (Å²) in [5, 5.41) is 5.05. The fourth-order valence-electron chi connectivity index (χ4n) is 1.66. The molecular formula is C13H14FN3OS. The second-order valence-corrected chi connectivity index (χ2v) is 5.04. The third kappa shape index (κ3) is 4.11. The van der Waals surface area contributed by atoms with Gasteiger partial charge in [-0.15, -0.1) is 11.3 Å². The quantitative estimate of drug-likeness (QED) is 0.914.